The highest BCUT2D eigenvalue weighted by molar-refractivity contribution is 8.77. The molecule has 1 aliphatic carbocycles. The van der Waals surface area contributed by atoms with Crippen LogP contribution in [0, 0.1) is 5.92 Å². The van der Waals surface area contributed by atoms with Crippen molar-refractivity contribution >= 4 is 33.7 Å². The van der Waals surface area contributed by atoms with Gasteiger partial charge in [0.1, 0.15) is 12.1 Å². The van der Waals surface area contributed by atoms with Crippen LogP contribution in [0.5, 0.6) is 0 Å². The summed E-state index contributed by atoms with van der Waals surface area (Å²) >= 11 is 0. The molecule has 2 aliphatic rings. The van der Waals surface area contributed by atoms with E-state index in [-0.39, 0.29) is 23.5 Å². The Morgan fingerprint density at radius 2 is 2.04 bits per heavy atom. The fourth-order valence-corrected chi connectivity index (χ4v) is 5.79. The summed E-state index contributed by atoms with van der Waals surface area (Å²) in [6, 6.07) is -0.486. The molecule has 148 valence electrons. The number of hydrogen-bond acceptors (Lipinski definition) is 6. The number of aldehydes is 1. The fraction of sp³-hybridized carbons (Fsp3) is 0.500. The van der Waals surface area contributed by atoms with Crippen LogP contribution in [0.1, 0.15) is 19.3 Å². The maximum absolute atomic E-state index is 14.1. The van der Waals surface area contributed by atoms with Crippen molar-refractivity contribution in [3.8, 4) is 0 Å². The predicted molar refractivity (Wildman–Crippen MR) is 113 cm³/mol. The molecule has 2 atom stereocenters. The second kappa shape index (κ2) is 11.0. The van der Waals surface area contributed by atoms with Gasteiger partial charge in [-0.05, 0) is 37.0 Å². The Kier molecular flexibility index (Phi) is 9.02. The lowest BCUT2D eigenvalue weighted by Crippen LogP contribution is -2.51. The highest BCUT2D eigenvalue weighted by atomic mass is 33.1. The zero-order valence-electron chi connectivity index (χ0n) is 15.4. The number of Topliss-reactive ketones (excluding diaryl/α,β-unsaturated/α-hetero) is 1. The van der Waals surface area contributed by atoms with Gasteiger partial charge in [0.15, 0.2) is 5.78 Å². The van der Waals surface area contributed by atoms with Gasteiger partial charge in [-0.2, -0.15) is 0 Å². The maximum atomic E-state index is 14.1. The molecule has 0 amide bonds. The second-order valence-corrected chi connectivity index (χ2v) is 9.31. The van der Waals surface area contributed by atoms with Gasteiger partial charge in [0.05, 0.1) is 6.04 Å². The number of rotatable bonds is 11. The Labute approximate surface area is 168 Å². The molecule has 1 saturated carbocycles. The average molecular weight is 411 g/mol. The summed E-state index contributed by atoms with van der Waals surface area (Å²) in [7, 11) is 3.33. The molecule has 0 aromatic rings. The molecule has 0 spiro atoms. The molecule has 1 saturated heterocycles. The van der Waals surface area contributed by atoms with Crippen LogP contribution in [0.15, 0.2) is 48.4 Å². The number of ketones is 1. The third kappa shape index (κ3) is 5.91. The minimum atomic E-state index is -0.486. The van der Waals surface area contributed by atoms with Crippen molar-refractivity contribution in [1.82, 2.24) is 4.90 Å². The summed E-state index contributed by atoms with van der Waals surface area (Å²) < 4.78 is 14.1. The van der Waals surface area contributed by atoms with Gasteiger partial charge >= 0.3 is 0 Å². The number of carbonyl (C=O) groups excluding carboxylic acids is 2. The molecule has 0 bridgehead atoms. The van der Waals surface area contributed by atoms with Crippen LogP contribution >= 0.6 is 21.6 Å². The Morgan fingerprint density at radius 1 is 1.30 bits per heavy atom. The van der Waals surface area contributed by atoms with E-state index in [9.17, 15) is 14.0 Å². The molecule has 4 nitrogen and oxygen atoms in total. The largest absolute Gasteiger partial charge is 0.330 e. The van der Waals surface area contributed by atoms with Crippen LogP contribution in [0.4, 0.5) is 4.39 Å². The van der Waals surface area contributed by atoms with Crippen molar-refractivity contribution in [3.05, 3.63) is 48.4 Å². The molecule has 1 aliphatic heterocycles. The van der Waals surface area contributed by atoms with Crippen LogP contribution < -0.4 is 5.73 Å². The summed E-state index contributed by atoms with van der Waals surface area (Å²) in [6.07, 6.45) is 7.47. The monoisotopic (exact) mass is 410 g/mol. The van der Waals surface area contributed by atoms with Gasteiger partial charge in [0.2, 0.25) is 0 Å². The lowest BCUT2D eigenvalue weighted by molar-refractivity contribution is -0.124. The third-order valence-electron chi connectivity index (χ3n) is 4.73. The summed E-state index contributed by atoms with van der Waals surface area (Å²) in [6.45, 7) is 8.67. The average Bonchev–Trinajstić information content (AvgIpc) is 3.52. The normalized spacial score (nSPS) is 25.8. The van der Waals surface area contributed by atoms with E-state index in [1.165, 1.54) is 12.2 Å². The van der Waals surface area contributed by atoms with Gasteiger partial charge < -0.3 is 5.73 Å². The SMILES string of the molecule is C=C/C(F)=C(\C=C)CN1CCC(SSCCN)/C(=C\C=O)C1C(=O)C1CC1. The molecule has 0 aromatic heterocycles. The number of halogens is 1. The van der Waals surface area contributed by atoms with Crippen LogP contribution in [0.3, 0.4) is 0 Å². The first-order chi connectivity index (χ1) is 13.1. The Bertz CT molecular complexity index is 644. The van der Waals surface area contributed by atoms with E-state index in [2.05, 4.69) is 13.2 Å². The predicted octanol–water partition coefficient (Wildman–Crippen LogP) is 3.47. The summed E-state index contributed by atoms with van der Waals surface area (Å²) in [5.74, 6) is 0.570. The molecule has 0 aromatic carbocycles. The van der Waals surface area contributed by atoms with Crippen LogP contribution in [-0.2, 0) is 9.59 Å². The van der Waals surface area contributed by atoms with Crippen molar-refractivity contribution < 1.29 is 14.0 Å². The lowest BCUT2D eigenvalue weighted by Gasteiger charge is -2.40. The first-order valence-electron chi connectivity index (χ1n) is 9.12. The smallest absolute Gasteiger partial charge is 0.157 e. The summed E-state index contributed by atoms with van der Waals surface area (Å²) in [5.41, 5.74) is 6.80. The van der Waals surface area contributed by atoms with Gasteiger partial charge in [-0.3, -0.25) is 14.5 Å². The van der Waals surface area contributed by atoms with Gasteiger partial charge in [-0.15, -0.1) is 0 Å². The topological polar surface area (TPSA) is 63.4 Å². The molecular weight excluding hydrogens is 383 g/mol. The Morgan fingerprint density at radius 3 is 2.59 bits per heavy atom. The molecule has 0 radical (unpaired) electrons. The summed E-state index contributed by atoms with van der Waals surface area (Å²) in [4.78, 5) is 26.3. The zero-order chi connectivity index (χ0) is 19.8. The van der Waals surface area contributed by atoms with Crippen molar-refractivity contribution in [2.24, 2.45) is 11.7 Å². The molecule has 27 heavy (non-hydrogen) atoms. The second-order valence-electron chi connectivity index (χ2n) is 6.62. The van der Waals surface area contributed by atoms with Crippen molar-refractivity contribution in [3.63, 3.8) is 0 Å². The highest BCUT2D eigenvalue weighted by Gasteiger charge is 2.43. The van der Waals surface area contributed by atoms with Crippen LogP contribution in [-0.4, -0.2) is 53.6 Å². The third-order valence-corrected chi connectivity index (χ3v) is 7.62. The summed E-state index contributed by atoms with van der Waals surface area (Å²) in [5, 5.41) is 0.0797. The minimum Gasteiger partial charge on any atom is -0.330 e. The maximum Gasteiger partial charge on any atom is 0.157 e. The van der Waals surface area contributed by atoms with Crippen LogP contribution in [0.25, 0.3) is 0 Å². The number of nitrogens with two attached hydrogens (primary N) is 1. The lowest BCUT2D eigenvalue weighted by atomic mass is 9.89. The molecule has 1 heterocycles. The number of piperidine rings is 1. The first kappa shape index (κ1) is 22.1. The molecule has 2 rings (SSSR count). The van der Waals surface area contributed by atoms with E-state index in [1.54, 1.807) is 21.6 Å². The van der Waals surface area contributed by atoms with Crippen LogP contribution in [0.2, 0.25) is 0 Å². The minimum absolute atomic E-state index is 0.0495. The number of nitrogens with zero attached hydrogens (tertiary/aromatic N) is 1. The van der Waals surface area contributed by atoms with E-state index in [0.29, 0.717) is 18.7 Å². The first-order valence-corrected chi connectivity index (χ1v) is 11.5. The van der Waals surface area contributed by atoms with E-state index in [1.807, 2.05) is 4.90 Å². The van der Waals surface area contributed by atoms with Crippen molar-refractivity contribution in [2.75, 3.05) is 25.4 Å². The number of likely N-dealkylation sites (tertiary alicyclic amines) is 1. The standard InChI is InChI=1S/C20H27FN2O2S2/c1-3-14(17(21)4-2)13-23-10-7-18(27-26-12-9-22)16(8-11-24)19(23)20(25)15-5-6-15/h3-4,8,11,15,18-19H,1-2,5-7,9-10,12-13,22H2/b16-8+,17-14-. The van der Waals surface area contributed by atoms with Gasteiger partial charge in [0, 0.05) is 42.1 Å². The Hall–Kier alpha value is -1.15. The zero-order valence-corrected chi connectivity index (χ0v) is 17.1. The van der Waals surface area contributed by atoms with E-state index >= 15 is 0 Å². The molecular formula is C20H27FN2O2S2. The van der Waals surface area contributed by atoms with Gasteiger partial charge in [0.25, 0.3) is 0 Å². The molecule has 2 fully saturated rings. The molecule has 7 heteroatoms. The molecule has 2 unspecified atom stereocenters. The number of carbonyl (C=O) groups is 2. The van der Waals surface area contributed by atoms with Crippen molar-refractivity contribution in [1.29, 1.82) is 0 Å². The highest BCUT2D eigenvalue weighted by Crippen LogP contribution is 2.42. The van der Waals surface area contributed by atoms with Crippen molar-refractivity contribution in [2.45, 2.75) is 30.6 Å². The van der Waals surface area contributed by atoms with Gasteiger partial charge in [-0.1, -0.05) is 40.8 Å². The fourth-order valence-electron chi connectivity index (χ4n) is 3.22. The van der Waals surface area contributed by atoms with E-state index in [0.717, 1.165) is 43.0 Å². The van der Waals surface area contributed by atoms with E-state index in [4.69, 9.17) is 5.73 Å². The molecule has 2 N–H and O–H groups in total. The quantitative estimate of drug-likeness (QED) is 0.185. The number of allylic oxidation sites excluding steroid dienone is 3. The van der Waals surface area contributed by atoms with E-state index < -0.39 is 11.9 Å². The Balaban J connectivity index is 2.30. The van der Waals surface area contributed by atoms with Gasteiger partial charge in [-0.25, -0.2) is 4.39 Å². The number of hydrogen-bond donors (Lipinski definition) is 1.